The fourth-order valence-corrected chi connectivity index (χ4v) is 3.77. The highest BCUT2D eigenvalue weighted by Gasteiger charge is 2.18. The fraction of sp³-hybridized carbons (Fsp3) is 0.182. The van der Waals surface area contributed by atoms with Gasteiger partial charge >= 0.3 is 0 Å². The normalized spacial score (nSPS) is 11.2. The van der Waals surface area contributed by atoms with Crippen molar-refractivity contribution in [2.45, 2.75) is 4.21 Å². The van der Waals surface area contributed by atoms with Gasteiger partial charge in [-0.2, -0.15) is 0 Å². The van der Waals surface area contributed by atoms with Crippen molar-refractivity contribution < 1.29 is 17.9 Å². The van der Waals surface area contributed by atoms with Gasteiger partial charge < -0.3 is 9.47 Å². The van der Waals surface area contributed by atoms with Crippen LogP contribution in [0.5, 0.6) is 11.5 Å². The number of rotatable bonds is 5. The Labute approximate surface area is 125 Å². The van der Waals surface area contributed by atoms with Gasteiger partial charge in [-0.15, -0.1) is 0 Å². The molecule has 1 heterocycles. The SMILES string of the molecule is COc1cc(NS(=O)(=O)c2cnc(Cl)s2)cc(OC)c1. The number of halogens is 1. The van der Waals surface area contributed by atoms with E-state index >= 15 is 0 Å². The first kappa shape index (κ1) is 14.9. The van der Waals surface area contributed by atoms with E-state index in [4.69, 9.17) is 21.1 Å². The lowest BCUT2D eigenvalue weighted by Gasteiger charge is -2.10. The monoisotopic (exact) mass is 334 g/mol. The third-order valence-corrected chi connectivity index (χ3v) is 5.28. The molecule has 0 unspecified atom stereocenters. The summed E-state index contributed by atoms with van der Waals surface area (Å²) >= 11 is 6.52. The summed E-state index contributed by atoms with van der Waals surface area (Å²) in [6.07, 6.45) is 1.20. The summed E-state index contributed by atoms with van der Waals surface area (Å²) in [5.74, 6) is 0.953. The van der Waals surface area contributed by atoms with E-state index in [1.807, 2.05) is 0 Å². The number of sulfonamides is 1. The standard InChI is InChI=1S/C11H11ClN2O4S2/c1-17-8-3-7(4-9(5-8)18-2)14-20(15,16)10-6-13-11(12)19-10/h3-6,14H,1-2H3. The van der Waals surface area contributed by atoms with Gasteiger partial charge in [-0.05, 0) is 0 Å². The second-order valence-electron chi connectivity index (χ2n) is 3.64. The van der Waals surface area contributed by atoms with Crippen LogP contribution in [0.25, 0.3) is 0 Å². The molecule has 0 saturated heterocycles. The molecule has 0 atom stereocenters. The summed E-state index contributed by atoms with van der Waals surface area (Å²) in [5.41, 5.74) is 0.325. The zero-order chi connectivity index (χ0) is 14.8. The molecule has 0 aliphatic carbocycles. The van der Waals surface area contributed by atoms with Crippen LogP contribution >= 0.6 is 22.9 Å². The van der Waals surface area contributed by atoms with E-state index in [-0.39, 0.29) is 8.68 Å². The smallest absolute Gasteiger partial charge is 0.273 e. The highest BCUT2D eigenvalue weighted by atomic mass is 35.5. The number of anilines is 1. The molecule has 20 heavy (non-hydrogen) atoms. The average molecular weight is 335 g/mol. The molecule has 9 heteroatoms. The van der Waals surface area contributed by atoms with Crippen molar-refractivity contribution in [3.05, 3.63) is 28.9 Å². The first-order valence-electron chi connectivity index (χ1n) is 5.32. The minimum Gasteiger partial charge on any atom is -0.497 e. The molecule has 1 N–H and O–H groups in total. The molecule has 108 valence electrons. The molecule has 0 radical (unpaired) electrons. The maximum Gasteiger partial charge on any atom is 0.273 e. The molecule has 0 fully saturated rings. The van der Waals surface area contributed by atoms with Crippen LogP contribution in [-0.2, 0) is 10.0 Å². The third-order valence-electron chi connectivity index (χ3n) is 2.32. The number of hydrogen-bond donors (Lipinski definition) is 1. The molecule has 6 nitrogen and oxygen atoms in total. The number of aromatic nitrogens is 1. The van der Waals surface area contributed by atoms with Crippen molar-refractivity contribution in [3.63, 3.8) is 0 Å². The van der Waals surface area contributed by atoms with Gasteiger partial charge in [0.25, 0.3) is 10.0 Å². The summed E-state index contributed by atoms with van der Waals surface area (Å²) in [7, 11) is -0.768. The van der Waals surface area contributed by atoms with Gasteiger partial charge in [-0.25, -0.2) is 13.4 Å². The minimum absolute atomic E-state index is 0.0317. The first-order chi connectivity index (χ1) is 9.44. The van der Waals surface area contributed by atoms with Crippen LogP contribution in [0.1, 0.15) is 0 Å². The lowest BCUT2D eigenvalue weighted by atomic mass is 10.3. The number of thiazole rings is 1. The first-order valence-corrected chi connectivity index (χ1v) is 7.99. The Hall–Kier alpha value is -1.51. The molecule has 1 aromatic carbocycles. The van der Waals surface area contributed by atoms with E-state index in [1.165, 1.54) is 20.4 Å². The summed E-state index contributed by atoms with van der Waals surface area (Å²) in [6, 6.07) is 4.73. The van der Waals surface area contributed by atoms with Crippen LogP contribution in [0.2, 0.25) is 4.47 Å². The number of methoxy groups -OCH3 is 2. The van der Waals surface area contributed by atoms with Gasteiger partial charge in [0.05, 0.1) is 26.1 Å². The second kappa shape index (κ2) is 5.86. The van der Waals surface area contributed by atoms with Crippen molar-refractivity contribution in [2.24, 2.45) is 0 Å². The van der Waals surface area contributed by atoms with Crippen LogP contribution < -0.4 is 14.2 Å². The number of hydrogen-bond acceptors (Lipinski definition) is 6. The molecule has 0 spiro atoms. The Balaban J connectivity index is 2.33. The number of nitrogens with one attached hydrogen (secondary N) is 1. The molecule has 0 aliphatic heterocycles. The maximum atomic E-state index is 12.1. The number of benzene rings is 1. The summed E-state index contributed by atoms with van der Waals surface area (Å²) in [6.45, 7) is 0. The molecular formula is C11H11ClN2O4S2. The molecule has 0 bridgehead atoms. The van der Waals surface area contributed by atoms with Gasteiger partial charge in [0.15, 0.2) is 8.68 Å². The molecule has 2 aromatic rings. The van der Waals surface area contributed by atoms with Gasteiger partial charge in [-0.1, -0.05) is 22.9 Å². The van der Waals surface area contributed by atoms with E-state index in [0.29, 0.717) is 17.2 Å². The highest BCUT2D eigenvalue weighted by molar-refractivity contribution is 7.94. The van der Waals surface area contributed by atoms with Crippen molar-refractivity contribution in [1.82, 2.24) is 4.98 Å². The van der Waals surface area contributed by atoms with Crippen LogP contribution in [0.4, 0.5) is 5.69 Å². The second-order valence-corrected chi connectivity index (χ2v) is 7.16. The topological polar surface area (TPSA) is 77.5 Å². The molecule has 0 aliphatic rings. The van der Waals surface area contributed by atoms with Crippen molar-refractivity contribution in [1.29, 1.82) is 0 Å². The molecule has 1 aromatic heterocycles. The lowest BCUT2D eigenvalue weighted by molar-refractivity contribution is 0.395. The van der Waals surface area contributed by atoms with E-state index < -0.39 is 10.0 Å². The van der Waals surface area contributed by atoms with Crippen molar-refractivity contribution in [2.75, 3.05) is 18.9 Å². The van der Waals surface area contributed by atoms with E-state index in [1.54, 1.807) is 18.2 Å². The zero-order valence-corrected chi connectivity index (χ0v) is 13.0. The molecule has 0 saturated carbocycles. The van der Waals surface area contributed by atoms with Crippen molar-refractivity contribution in [3.8, 4) is 11.5 Å². The number of nitrogens with zero attached hydrogens (tertiary/aromatic N) is 1. The predicted molar refractivity (Wildman–Crippen MR) is 77.5 cm³/mol. The fourth-order valence-electron chi connectivity index (χ4n) is 1.44. The Bertz CT molecular complexity index is 693. The predicted octanol–water partition coefficient (Wildman–Crippen LogP) is 2.61. The van der Waals surface area contributed by atoms with Gasteiger partial charge in [0, 0.05) is 18.2 Å². The Kier molecular flexibility index (Phi) is 4.36. The lowest BCUT2D eigenvalue weighted by Crippen LogP contribution is -2.11. The van der Waals surface area contributed by atoms with Gasteiger partial charge in [0.2, 0.25) is 0 Å². The molecular weight excluding hydrogens is 324 g/mol. The van der Waals surface area contributed by atoms with E-state index in [2.05, 4.69) is 9.71 Å². The largest absolute Gasteiger partial charge is 0.497 e. The molecule has 0 amide bonds. The Morgan fingerprint density at radius 1 is 1.20 bits per heavy atom. The maximum absolute atomic E-state index is 12.1. The highest BCUT2D eigenvalue weighted by Crippen LogP contribution is 2.29. The summed E-state index contributed by atoms with van der Waals surface area (Å²) < 4.78 is 37.0. The van der Waals surface area contributed by atoms with E-state index in [9.17, 15) is 8.42 Å². The van der Waals surface area contributed by atoms with Gasteiger partial charge in [-0.3, -0.25) is 4.72 Å². The van der Waals surface area contributed by atoms with Crippen LogP contribution in [0.3, 0.4) is 0 Å². The van der Waals surface area contributed by atoms with Gasteiger partial charge in [0.1, 0.15) is 11.5 Å². The summed E-state index contributed by atoms with van der Waals surface area (Å²) in [4.78, 5) is 3.71. The Morgan fingerprint density at radius 2 is 1.80 bits per heavy atom. The molecule has 2 rings (SSSR count). The summed E-state index contributed by atoms with van der Waals surface area (Å²) in [5, 5.41) is 0. The minimum atomic E-state index is -3.73. The van der Waals surface area contributed by atoms with Crippen LogP contribution in [-0.4, -0.2) is 27.6 Å². The quantitative estimate of drug-likeness (QED) is 0.909. The Morgan fingerprint density at radius 3 is 2.25 bits per heavy atom. The third kappa shape index (κ3) is 3.33. The van der Waals surface area contributed by atoms with Crippen LogP contribution in [0, 0.1) is 0 Å². The zero-order valence-electron chi connectivity index (χ0n) is 10.6. The van der Waals surface area contributed by atoms with Crippen molar-refractivity contribution >= 4 is 38.6 Å². The van der Waals surface area contributed by atoms with E-state index in [0.717, 1.165) is 11.3 Å². The van der Waals surface area contributed by atoms with Crippen LogP contribution in [0.15, 0.2) is 28.6 Å². The number of ether oxygens (including phenoxy) is 2. The average Bonchev–Trinajstić information content (AvgIpc) is 2.85.